The molecule has 0 radical (unpaired) electrons. The first kappa shape index (κ1) is 15.0. The van der Waals surface area contributed by atoms with Gasteiger partial charge < -0.3 is 10.6 Å². The number of halogens is 1. The van der Waals surface area contributed by atoms with Gasteiger partial charge in [-0.1, -0.05) is 0 Å². The third-order valence-electron chi connectivity index (χ3n) is 2.87. The molecule has 2 N–H and O–H groups in total. The highest BCUT2D eigenvalue weighted by Gasteiger charge is 2.16. The summed E-state index contributed by atoms with van der Waals surface area (Å²) in [6.07, 6.45) is 4.63. The monoisotopic (exact) mass is 291 g/mol. The molecule has 2 aromatic rings. The van der Waals surface area contributed by atoms with Gasteiger partial charge in [-0.2, -0.15) is 5.10 Å². The highest BCUT2D eigenvalue weighted by Crippen LogP contribution is 2.17. The Morgan fingerprint density at radius 2 is 2.24 bits per heavy atom. The fourth-order valence-corrected chi connectivity index (χ4v) is 1.79. The molecule has 0 aliphatic heterocycles. The number of nitrogens with zero attached hydrogens (tertiary/aromatic N) is 3. The lowest BCUT2D eigenvalue weighted by molar-refractivity contribution is 0.102. The van der Waals surface area contributed by atoms with Crippen LogP contribution in [0.2, 0.25) is 0 Å². The van der Waals surface area contributed by atoms with Gasteiger partial charge in [0.1, 0.15) is 0 Å². The quantitative estimate of drug-likeness (QED) is 0.888. The number of amides is 1. The van der Waals surface area contributed by atoms with Gasteiger partial charge in [0.05, 0.1) is 17.4 Å². The maximum Gasteiger partial charge on any atom is 0.258 e. The molecule has 0 fully saturated rings. The van der Waals surface area contributed by atoms with Gasteiger partial charge in [0, 0.05) is 25.0 Å². The molecule has 0 saturated heterocycles. The fraction of sp³-hybridized carbons (Fsp3) is 0.357. The van der Waals surface area contributed by atoms with Gasteiger partial charge in [-0.25, -0.2) is 9.37 Å². The fourth-order valence-electron chi connectivity index (χ4n) is 1.79. The van der Waals surface area contributed by atoms with E-state index in [2.05, 4.69) is 20.7 Å². The smallest absolute Gasteiger partial charge is 0.258 e. The highest BCUT2D eigenvalue weighted by molar-refractivity contribution is 6.04. The van der Waals surface area contributed by atoms with E-state index < -0.39 is 11.7 Å². The van der Waals surface area contributed by atoms with Crippen molar-refractivity contribution in [3.05, 3.63) is 36.0 Å². The number of rotatable bonds is 5. The van der Waals surface area contributed by atoms with E-state index in [1.54, 1.807) is 10.9 Å². The summed E-state index contributed by atoms with van der Waals surface area (Å²) in [6.45, 7) is 6.30. The Labute approximate surface area is 122 Å². The Balaban J connectivity index is 2.18. The molecule has 21 heavy (non-hydrogen) atoms. The van der Waals surface area contributed by atoms with Gasteiger partial charge in [0.15, 0.2) is 11.6 Å². The van der Waals surface area contributed by atoms with Crippen molar-refractivity contribution in [3.8, 4) is 0 Å². The Kier molecular flexibility index (Phi) is 4.52. The molecule has 0 unspecified atom stereocenters. The summed E-state index contributed by atoms with van der Waals surface area (Å²) in [4.78, 5) is 16.0. The molecule has 2 aromatic heterocycles. The van der Waals surface area contributed by atoms with Crippen LogP contribution >= 0.6 is 0 Å². The average Bonchev–Trinajstić information content (AvgIpc) is 2.90. The number of pyridine rings is 1. The molecule has 0 saturated carbocycles. The normalized spacial score (nSPS) is 10.7. The van der Waals surface area contributed by atoms with E-state index in [4.69, 9.17) is 0 Å². The van der Waals surface area contributed by atoms with Crippen LogP contribution in [0.3, 0.4) is 0 Å². The first-order valence-electron chi connectivity index (χ1n) is 6.76. The van der Waals surface area contributed by atoms with Crippen molar-refractivity contribution in [2.24, 2.45) is 0 Å². The van der Waals surface area contributed by atoms with E-state index in [1.807, 2.05) is 20.8 Å². The topological polar surface area (TPSA) is 71.8 Å². The largest absolute Gasteiger partial charge is 0.368 e. The summed E-state index contributed by atoms with van der Waals surface area (Å²) in [5, 5.41) is 9.51. The third-order valence-corrected chi connectivity index (χ3v) is 2.87. The predicted octanol–water partition coefficient (Wildman–Crippen LogP) is 2.68. The second kappa shape index (κ2) is 6.34. The first-order valence-corrected chi connectivity index (χ1v) is 6.76. The molecule has 7 heteroatoms. The number of hydrogen-bond donors (Lipinski definition) is 2. The molecule has 0 bridgehead atoms. The van der Waals surface area contributed by atoms with Crippen molar-refractivity contribution in [1.82, 2.24) is 14.8 Å². The molecule has 0 spiro atoms. The van der Waals surface area contributed by atoms with E-state index in [0.29, 0.717) is 12.2 Å². The number of carbonyl (C=O) groups excluding carboxylic acids is 1. The summed E-state index contributed by atoms with van der Waals surface area (Å²) in [7, 11) is 0. The van der Waals surface area contributed by atoms with Gasteiger partial charge >= 0.3 is 0 Å². The van der Waals surface area contributed by atoms with Crippen LogP contribution in [0.4, 0.5) is 15.9 Å². The molecule has 112 valence electrons. The van der Waals surface area contributed by atoms with E-state index in [1.165, 1.54) is 18.5 Å². The van der Waals surface area contributed by atoms with Crippen LogP contribution in [0.15, 0.2) is 24.7 Å². The number of hydrogen-bond acceptors (Lipinski definition) is 4. The molecule has 1 amide bonds. The second-order valence-corrected chi connectivity index (χ2v) is 4.81. The Hall–Kier alpha value is -2.44. The SMILES string of the molecule is CCNc1nccc(C(=O)Nc2cnn(C(C)C)c2)c1F. The van der Waals surface area contributed by atoms with E-state index in [-0.39, 0.29) is 17.4 Å². The average molecular weight is 291 g/mol. The van der Waals surface area contributed by atoms with Gasteiger partial charge in [-0.15, -0.1) is 0 Å². The third kappa shape index (κ3) is 3.36. The van der Waals surface area contributed by atoms with Crippen LogP contribution in [0, 0.1) is 5.82 Å². The zero-order valence-electron chi connectivity index (χ0n) is 12.2. The maximum atomic E-state index is 14.1. The van der Waals surface area contributed by atoms with E-state index >= 15 is 0 Å². The Morgan fingerprint density at radius 1 is 1.48 bits per heavy atom. The zero-order valence-corrected chi connectivity index (χ0v) is 12.2. The summed E-state index contributed by atoms with van der Waals surface area (Å²) >= 11 is 0. The first-order chi connectivity index (χ1) is 10.0. The zero-order chi connectivity index (χ0) is 15.4. The number of anilines is 2. The number of aromatic nitrogens is 3. The molecule has 6 nitrogen and oxygen atoms in total. The van der Waals surface area contributed by atoms with Crippen LogP contribution in [0.1, 0.15) is 37.2 Å². The molecular formula is C14H18FN5O. The molecule has 0 aliphatic rings. The molecule has 0 aliphatic carbocycles. The van der Waals surface area contributed by atoms with Crippen molar-refractivity contribution >= 4 is 17.4 Å². The predicted molar refractivity (Wildman–Crippen MR) is 78.9 cm³/mol. The maximum absolute atomic E-state index is 14.1. The summed E-state index contributed by atoms with van der Waals surface area (Å²) in [5.41, 5.74) is 0.466. The van der Waals surface area contributed by atoms with E-state index in [9.17, 15) is 9.18 Å². The van der Waals surface area contributed by atoms with E-state index in [0.717, 1.165) is 0 Å². The second-order valence-electron chi connectivity index (χ2n) is 4.81. The molecular weight excluding hydrogens is 273 g/mol. The van der Waals surface area contributed by atoms with Crippen LogP contribution in [-0.2, 0) is 0 Å². The van der Waals surface area contributed by atoms with Gasteiger partial charge in [-0.05, 0) is 26.8 Å². The van der Waals surface area contributed by atoms with Crippen molar-refractivity contribution in [2.75, 3.05) is 17.2 Å². The minimum atomic E-state index is -0.659. The lowest BCUT2D eigenvalue weighted by Gasteiger charge is -2.08. The van der Waals surface area contributed by atoms with Crippen molar-refractivity contribution < 1.29 is 9.18 Å². The van der Waals surface area contributed by atoms with Crippen LogP contribution in [-0.4, -0.2) is 27.2 Å². The van der Waals surface area contributed by atoms with Crippen molar-refractivity contribution in [2.45, 2.75) is 26.8 Å². The van der Waals surface area contributed by atoms with Gasteiger partial charge in [0.25, 0.3) is 5.91 Å². The van der Waals surface area contributed by atoms with Crippen LogP contribution < -0.4 is 10.6 Å². The lowest BCUT2D eigenvalue weighted by atomic mass is 10.2. The lowest BCUT2D eigenvalue weighted by Crippen LogP contribution is -2.15. The molecule has 0 atom stereocenters. The number of carbonyl (C=O) groups is 1. The summed E-state index contributed by atoms with van der Waals surface area (Å²) in [5.74, 6) is -1.12. The van der Waals surface area contributed by atoms with Crippen LogP contribution in [0.25, 0.3) is 0 Å². The number of nitrogens with one attached hydrogen (secondary N) is 2. The minimum absolute atomic E-state index is 0.0572. The molecule has 0 aromatic carbocycles. The summed E-state index contributed by atoms with van der Waals surface area (Å²) < 4.78 is 15.9. The highest BCUT2D eigenvalue weighted by atomic mass is 19.1. The Bertz CT molecular complexity index is 638. The molecule has 2 heterocycles. The summed E-state index contributed by atoms with van der Waals surface area (Å²) in [6, 6.07) is 1.53. The van der Waals surface area contributed by atoms with Crippen molar-refractivity contribution in [3.63, 3.8) is 0 Å². The van der Waals surface area contributed by atoms with Crippen LogP contribution in [0.5, 0.6) is 0 Å². The van der Waals surface area contributed by atoms with Crippen molar-refractivity contribution in [1.29, 1.82) is 0 Å². The van der Waals surface area contributed by atoms with Gasteiger partial charge in [0.2, 0.25) is 0 Å². The standard InChI is InChI=1S/C14H18FN5O/c1-4-16-13-12(15)11(5-6-17-13)14(21)19-10-7-18-20(8-10)9(2)3/h5-9H,4H2,1-3H3,(H,16,17)(H,19,21). The Morgan fingerprint density at radius 3 is 2.86 bits per heavy atom. The van der Waals surface area contributed by atoms with Gasteiger partial charge in [-0.3, -0.25) is 9.48 Å². The molecule has 2 rings (SSSR count). The minimum Gasteiger partial charge on any atom is -0.368 e.